The van der Waals surface area contributed by atoms with Gasteiger partial charge in [-0.2, -0.15) is 13.2 Å². The van der Waals surface area contributed by atoms with Crippen molar-refractivity contribution in [3.8, 4) is 5.88 Å². The zero-order chi connectivity index (χ0) is 24.7. The number of methoxy groups -OCH3 is 1. The van der Waals surface area contributed by atoms with Gasteiger partial charge in [0.15, 0.2) is 5.69 Å². The predicted molar refractivity (Wildman–Crippen MR) is 122 cm³/mol. The van der Waals surface area contributed by atoms with Gasteiger partial charge >= 0.3 is 6.18 Å². The van der Waals surface area contributed by atoms with Crippen LogP contribution in [0.25, 0.3) is 5.57 Å². The molecule has 4 heterocycles. The fourth-order valence-corrected chi connectivity index (χ4v) is 4.72. The molecule has 1 fully saturated rings. The van der Waals surface area contributed by atoms with E-state index in [1.165, 1.54) is 18.1 Å². The Labute approximate surface area is 196 Å². The summed E-state index contributed by atoms with van der Waals surface area (Å²) in [6.45, 7) is 11.9. The minimum absolute atomic E-state index is 0.187. The summed E-state index contributed by atoms with van der Waals surface area (Å²) in [6, 6.07) is 6.42. The molecule has 180 valence electrons. The summed E-state index contributed by atoms with van der Waals surface area (Å²) >= 11 is 0. The molecule has 0 unspecified atom stereocenters. The molecule has 1 saturated heterocycles. The second-order valence-electron chi connectivity index (χ2n) is 8.87. The van der Waals surface area contributed by atoms with Gasteiger partial charge in [-0.1, -0.05) is 19.2 Å². The summed E-state index contributed by atoms with van der Waals surface area (Å²) < 4.78 is 45.5. The minimum Gasteiger partial charge on any atom is -0.481 e. The third-order valence-corrected chi connectivity index (χ3v) is 6.71. The highest BCUT2D eigenvalue weighted by molar-refractivity contribution is 5.95. The maximum atomic E-state index is 13.6. The van der Waals surface area contributed by atoms with Crippen molar-refractivity contribution in [1.29, 1.82) is 0 Å². The van der Waals surface area contributed by atoms with Crippen molar-refractivity contribution in [2.75, 3.05) is 26.7 Å². The van der Waals surface area contributed by atoms with Gasteiger partial charge in [-0.05, 0) is 48.6 Å². The SMILES string of the molecule is C=C(C)C(=C)c1ccc2c(n1)CNCC21CCN(C(=O)c2ccc(OC)nc2C(F)(F)F)CC1. The molecule has 9 heteroatoms. The molecule has 2 aromatic rings. The second kappa shape index (κ2) is 8.87. The van der Waals surface area contributed by atoms with Crippen molar-refractivity contribution >= 4 is 11.5 Å². The van der Waals surface area contributed by atoms with Crippen LogP contribution in [0, 0.1) is 0 Å². The molecule has 2 aliphatic rings. The second-order valence-corrected chi connectivity index (χ2v) is 8.87. The molecule has 0 atom stereocenters. The number of hydrogen-bond acceptors (Lipinski definition) is 5. The molecule has 1 amide bonds. The molecule has 34 heavy (non-hydrogen) atoms. The molecule has 0 saturated carbocycles. The van der Waals surface area contributed by atoms with Gasteiger partial charge in [0, 0.05) is 37.7 Å². The molecule has 0 radical (unpaired) electrons. The van der Waals surface area contributed by atoms with E-state index in [1.54, 1.807) is 0 Å². The highest BCUT2D eigenvalue weighted by atomic mass is 19.4. The lowest BCUT2D eigenvalue weighted by molar-refractivity contribution is -0.141. The number of aromatic nitrogens is 2. The number of carbonyl (C=O) groups excluding carboxylic acids is 1. The summed E-state index contributed by atoms with van der Waals surface area (Å²) in [5.41, 5.74) is 2.56. The number of rotatable bonds is 4. The normalized spacial score (nSPS) is 17.3. The van der Waals surface area contributed by atoms with E-state index >= 15 is 0 Å². The summed E-state index contributed by atoms with van der Waals surface area (Å²) in [7, 11) is 1.23. The van der Waals surface area contributed by atoms with Crippen LogP contribution in [0.3, 0.4) is 0 Å². The van der Waals surface area contributed by atoms with E-state index in [2.05, 4.69) is 29.5 Å². The van der Waals surface area contributed by atoms with Gasteiger partial charge < -0.3 is 15.0 Å². The van der Waals surface area contributed by atoms with E-state index in [-0.39, 0.29) is 11.3 Å². The maximum absolute atomic E-state index is 13.6. The van der Waals surface area contributed by atoms with E-state index < -0.39 is 23.3 Å². The molecule has 0 aromatic carbocycles. The highest BCUT2D eigenvalue weighted by Crippen LogP contribution is 2.40. The van der Waals surface area contributed by atoms with E-state index in [4.69, 9.17) is 9.72 Å². The molecule has 0 aliphatic carbocycles. The Balaban J connectivity index is 1.56. The van der Waals surface area contributed by atoms with Gasteiger partial charge in [-0.3, -0.25) is 9.78 Å². The number of nitrogens with one attached hydrogen (secondary N) is 1. The number of piperidine rings is 1. The quantitative estimate of drug-likeness (QED) is 0.670. The first-order valence-corrected chi connectivity index (χ1v) is 11.0. The van der Waals surface area contributed by atoms with Crippen LogP contribution in [0.1, 0.15) is 52.8 Å². The Hall–Kier alpha value is -3.20. The van der Waals surface area contributed by atoms with Gasteiger partial charge in [-0.15, -0.1) is 0 Å². The van der Waals surface area contributed by atoms with Gasteiger partial charge in [-0.25, -0.2) is 4.98 Å². The summed E-state index contributed by atoms with van der Waals surface area (Å²) in [5, 5.41) is 3.42. The molecule has 0 bridgehead atoms. The first-order chi connectivity index (χ1) is 16.1. The fourth-order valence-electron chi connectivity index (χ4n) is 4.72. The molecule has 2 aliphatic heterocycles. The Morgan fingerprint density at radius 1 is 1.15 bits per heavy atom. The standard InChI is InChI=1S/C25H27F3N4O2/c1-15(2)16(3)19-7-6-18-20(30-19)13-29-14-24(18)9-11-32(12-10-24)23(33)17-5-8-21(34-4)31-22(17)25(26,27)28/h5-8,29H,1,3,9-14H2,2,4H3. The van der Waals surface area contributed by atoms with Crippen LogP contribution < -0.4 is 10.1 Å². The number of nitrogens with zero attached hydrogens (tertiary/aromatic N) is 3. The van der Waals surface area contributed by atoms with Gasteiger partial charge in [0.05, 0.1) is 24.1 Å². The molecule has 1 N–H and O–H groups in total. The molecular formula is C25H27F3N4O2. The smallest absolute Gasteiger partial charge is 0.434 e. The molecule has 1 spiro atoms. The number of amides is 1. The Bertz CT molecular complexity index is 1150. The monoisotopic (exact) mass is 472 g/mol. The number of likely N-dealkylation sites (tertiary alicyclic amines) is 1. The van der Waals surface area contributed by atoms with E-state index in [9.17, 15) is 18.0 Å². The van der Waals surface area contributed by atoms with E-state index in [0.717, 1.165) is 40.7 Å². The van der Waals surface area contributed by atoms with Crippen LogP contribution in [0.5, 0.6) is 5.88 Å². The minimum atomic E-state index is -4.76. The number of pyridine rings is 2. The zero-order valence-corrected chi connectivity index (χ0v) is 19.3. The van der Waals surface area contributed by atoms with Crippen molar-refractivity contribution in [3.63, 3.8) is 0 Å². The van der Waals surface area contributed by atoms with Crippen LogP contribution in [-0.4, -0.2) is 47.5 Å². The molecule has 2 aromatic heterocycles. The summed E-state index contributed by atoms with van der Waals surface area (Å²) in [5.74, 6) is -0.861. The maximum Gasteiger partial charge on any atom is 0.434 e. The van der Waals surface area contributed by atoms with Gasteiger partial charge in [0.25, 0.3) is 5.91 Å². The van der Waals surface area contributed by atoms with E-state index in [0.29, 0.717) is 32.5 Å². The number of alkyl halides is 3. The van der Waals surface area contributed by atoms with Gasteiger partial charge in [0.1, 0.15) is 0 Å². The number of carbonyl (C=O) groups is 1. The van der Waals surface area contributed by atoms with Crippen LogP contribution in [0.15, 0.2) is 43.0 Å². The zero-order valence-electron chi connectivity index (χ0n) is 19.3. The lowest BCUT2D eigenvalue weighted by atomic mass is 9.70. The largest absolute Gasteiger partial charge is 0.481 e. The highest BCUT2D eigenvalue weighted by Gasteiger charge is 2.43. The fraction of sp³-hybridized carbons (Fsp3) is 0.400. The van der Waals surface area contributed by atoms with Crippen LogP contribution in [-0.2, 0) is 18.1 Å². The van der Waals surface area contributed by atoms with Crippen molar-refractivity contribution < 1.29 is 22.7 Å². The third-order valence-electron chi connectivity index (χ3n) is 6.71. The lowest BCUT2D eigenvalue weighted by Gasteiger charge is -2.45. The van der Waals surface area contributed by atoms with Crippen molar-refractivity contribution in [2.24, 2.45) is 0 Å². The van der Waals surface area contributed by atoms with Crippen LogP contribution in [0.4, 0.5) is 13.2 Å². The number of fused-ring (bicyclic) bond motifs is 2. The number of hydrogen-bond donors (Lipinski definition) is 1. The average molecular weight is 473 g/mol. The Morgan fingerprint density at radius 2 is 1.85 bits per heavy atom. The van der Waals surface area contributed by atoms with Crippen molar-refractivity contribution in [3.05, 3.63) is 71.2 Å². The predicted octanol–water partition coefficient (Wildman–Crippen LogP) is 4.37. The third kappa shape index (κ3) is 4.32. The summed E-state index contributed by atoms with van der Waals surface area (Å²) in [4.78, 5) is 22.8. The topological polar surface area (TPSA) is 67.4 Å². The first-order valence-electron chi connectivity index (χ1n) is 11.0. The average Bonchev–Trinajstić information content (AvgIpc) is 2.82. The van der Waals surface area contributed by atoms with Crippen LogP contribution >= 0.6 is 0 Å². The lowest BCUT2D eigenvalue weighted by Crippen LogP contribution is -2.52. The number of allylic oxidation sites excluding steroid dienone is 2. The molecule has 4 rings (SSSR count). The Morgan fingerprint density at radius 3 is 2.47 bits per heavy atom. The van der Waals surface area contributed by atoms with Crippen molar-refractivity contribution in [1.82, 2.24) is 20.2 Å². The first kappa shape index (κ1) is 23.9. The Kier molecular flexibility index (Phi) is 6.24. The van der Waals surface area contributed by atoms with Gasteiger partial charge in [0.2, 0.25) is 5.88 Å². The van der Waals surface area contributed by atoms with Crippen LogP contribution in [0.2, 0.25) is 0 Å². The summed E-state index contributed by atoms with van der Waals surface area (Å²) in [6.07, 6.45) is -3.53. The van der Waals surface area contributed by atoms with E-state index in [1.807, 2.05) is 13.0 Å². The van der Waals surface area contributed by atoms with Crippen molar-refractivity contribution in [2.45, 2.75) is 37.9 Å². The number of halogens is 3. The number of ether oxygens (including phenoxy) is 1. The molecular weight excluding hydrogens is 445 g/mol. The molecule has 6 nitrogen and oxygen atoms in total.